The number of sulfonamides is 1. The highest BCUT2D eigenvalue weighted by atomic mass is 32.2. The van der Waals surface area contributed by atoms with E-state index in [1.807, 2.05) is 0 Å². The number of methoxy groups -OCH3 is 2. The molecule has 0 atom stereocenters. The summed E-state index contributed by atoms with van der Waals surface area (Å²) in [5.41, 5.74) is -0.969. The van der Waals surface area contributed by atoms with E-state index in [0.29, 0.717) is 17.3 Å². The predicted octanol–water partition coefficient (Wildman–Crippen LogP) is 3.81. The maximum Gasteiger partial charge on any atom is 0.417 e. The van der Waals surface area contributed by atoms with Gasteiger partial charge in [-0.05, 0) is 38.1 Å². The molecule has 3 heterocycles. The first-order valence-corrected chi connectivity index (χ1v) is 16.3. The minimum Gasteiger partial charge on any atom is -0.491 e. The number of aromatic nitrogens is 4. The first-order chi connectivity index (χ1) is 22.4. The summed E-state index contributed by atoms with van der Waals surface area (Å²) in [4.78, 5) is 18.3. The normalized spacial score (nSPS) is 14.2. The van der Waals surface area contributed by atoms with E-state index in [2.05, 4.69) is 24.5 Å². The molecule has 0 unspecified atom stereocenters. The lowest BCUT2D eigenvalue weighted by Crippen LogP contribution is -2.48. The van der Waals surface area contributed by atoms with Crippen molar-refractivity contribution in [3.05, 3.63) is 59.8 Å². The van der Waals surface area contributed by atoms with Gasteiger partial charge in [-0.1, -0.05) is 18.2 Å². The Morgan fingerprint density at radius 1 is 1.02 bits per heavy atom. The molecule has 1 aliphatic heterocycles. The van der Waals surface area contributed by atoms with Gasteiger partial charge in [0.1, 0.15) is 17.3 Å². The summed E-state index contributed by atoms with van der Waals surface area (Å²) in [7, 11) is -6.31. The molecule has 2 N–H and O–H groups in total. The number of benzene rings is 2. The number of carbonyl (C=O) groups is 1. The average Bonchev–Trinajstić information content (AvgIpc) is 3.41. The van der Waals surface area contributed by atoms with Gasteiger partial charge >= 0.3 is 22.4 Å². The van der Waals surface area contributed by atoms with E-state index in [-0.39, 0.29) is 17.4 Å². The van der Waals surface area contributed by atoms with Gasteiger partial charge in [-0.25, -0.2) is 26.2 Å². The zero-order valence-electron chi connectivity index (χ0n) is 25.2. The molecule has 260 valence electrons. The second-order valence-corrected chi connectivity index (χ2v) is 12.9. The summed E-state index contributed by atoms with van der Waals surface area (Å²) in [6, 6.07) is 8.14. The quantitative estimate of drug-likeness (QED) is 0.240. The van der Waals surface area contributed by atoms with Crippen LogP contribution in [0.2, 0.25) is 0 Å². The largest absolute Gasteiger partial charge is 0.491 e. The number of alkyl halides is 5. The smallest absolute Gasteiger partial charge is 0.417 e. The number of anilines is 2. The van der Waals surface area contributed by atoms with Gasteiger partial charge in [0.05, 0.1) is 37.2 Å². The van der Waals surface area contributed by atoms with Crippen LogP contribution in [0.25, 0.3) is 5.65 Å². The number of fused-ring (bicyclic) bond motifs is 2. The van der Waals surface area contributed by atoms with E-state index in [1.54, 1.807) is 42.8 Å². The molecule has 2 aromatic carbocycles. The molecule has 0 fully saturated rings. The van der Waals surface area contributed by atoms with Crippen LogP contribution in [0.3, 0.4) is 0 Å². The highest BCUT2D eigenvalue weighted by Crippen LogP contribution is 2.39. The van der Waals surface area contributed by atoms with Crippen molar-refractivity contribution in [2.75, 3.05) is 30.3 Å². The molecule has 22 heteroatoms. The fourth-order valence-electron chi connectivity index (χ4n) is 4.30. The van der Waals surface area contributed by atoms with Crippen LogP contribution in [0.5, 0.6) is 17.5 Å². The molecule has 0 saturated carbocycles. The Hall–Kier alpha value is -4.99. The monoisotopic (exact) mass is 723 g/mol. The summed E-state index contributed by atoms with van der Waals surface area (Å²) in [5, 5.41) is 3.80. The number of amides is 1. The van der Waals surface area contributed by atoms with Gasteiger partial charge in [-0.15, -0.1) is 5.10 Å². The number of para-hydroxylation sites is 1. The third-order valence-electron chi connectivity index (χ3n) is 6.17. The molecule has 0 saturated heterocycles. The molecule has 48 heavy (non-hydrogen) atoms. The second-order valence-electron chi connectivity index (χ2n) is 9.77. The highest BCUT2D eigenvalue weighted by Gasteiger charge is 2.40. The number of hydrogen-bond acceptors (Lipinski definition) is 11. The number of nitrogens with one attached hydrogen (secondary N) is 2. The molecule has 4 aromatic rings. The Bertz CT molecular complexity index is 2000. The highest BCUT2D eigenvalue weighted by molar-refractivity contribution is 7.93. The van der Waals surface area contributed by atoms with Crippen LogP contribution in [0.4, 0.5) is 33.6 Å². The van der Waals surface area contributed by atoms with Crippen LogP contribution in [0.1, 0.15) is 29.8 Å². The number of nitrogens with zero attached hydrogens (tertiary/aromatic N) is 5. The van der Waals surface area contributed by atoms with E-state index in [4.69, 9.17) is 9.47 Å². The average molecular weight is 724 g/mol. The van der Waals surface area contributed by atoms with Crippen LogP contribution in [0, 0.1) is 0 Å². The standard InChI is InChI=1S/C16H14F5N5O5S.C10H12N2O3S/c1-29-10-6-22-15(30-2)26-13(10)23-14(24-26)25-32(27,28)12-8(16(19,20)21)4-3-5-9(12)31-7-11(17)18;1-7(2)12-10(13)8-5-3-4-6-9(8)11-16(12,14)15/h3-6,11H,7H2,1-2H3,(H,24,25);3-7,11H,1-2H3. The number of rotatable bonds is 9. The predicted molar refractivity (Wildman–Crippen MR) is 158 cm³/mol. The van der Waals surface area contributed by atoms with Crippen molar-refractivity contribution in [3.63, 3.8) is 0 Å². The second kappa shape index (κ2) is 13.6. The van der Waals surface area contributed by atoms with Crippen molar-refractivity contribution in [1.82, 2.24) is 23.9 Å². The van der Waals surface area contributed by atoms with Gasteiger partial charge in [0.25, 0.3) is 28.3 Å². The summed E-state index contributed by atoms with van der Waals surface area (Å²) in [6.07, 6.45) is -6.99. The zero-order valence-corrected chi connectivity index (χ0v) is 26.8. The van der Waals surface area contributed by atoms with E-state index < -0.39 is 73.5 Å². The summed E-state index contributed by atoms with van der Waals surface area (Å²) >= 11 is 0. The van der Waals surface area contributed by atoms with E-state index >= 15 is 0 Å². The third-order valence-corrected chi connectivity index (χ3v) is 9.16. The summed E-state index contributed by atoms with van der Waals surface area (Å²) in [6.45, 7) is 1.99. The Labute approximate surface area is 269 Å². The zero-order chi connectivity index (χ0) is 35.6. The van der Waals surface area contributed by atoms with E-state index in [0.717, 1.165) is 21.0 Å². The van der Waals surface area contributed by atoms with Crippen LogP contribution in [-0.2, 0) is 26.4 Å². The van der Waals surface area contributed by atoms with Crippen molar-refractivity contribution >= 4 is 43.4 Å². The number of halogens is 5. The molecular formula is C26H26F5N7O8S2. The van der Waals surface area contributed by atoms with Gasteiger partial charge in [0.2, 0.25) is 5.65 Å². The van der Waals surface area contributed by atoms with Gasteiger partial charge in [0, 0.05) is 6.04 Å². The number of ether oxygens (including phenoxy) is 3. The van der Waals surface area contributed by atoms with Crippen LogP contribution < -0.4 is 23.7 Å². The topological polar surface area (TPSA) is 183 Å². The minimum absolute atomic E-state index is 0.0559. The molecule has 15 nitrogen and oxygen atoms in total. The Kier molecular flexibility index (Phi) is 10.2. The third kappa shape index (κ3) is 7.43. The van der Waals surface area contributed by atoms with E-state index in [1.165, 1.54) is 20.4 Å². The maximum absolute atomic E-state index is 13.5. The van der Waals surface area contributed by atoms with Crippen molar-refractivity contribution in [3.8, 4) is 17.5 Å². The lowest BCUT2D eigenvalue weighted by molar-refractivity contribution is -0.140. The molecule has 0 aliphatic carbocycles. The molecule has 1 aliphatic rings. The molecule has 5 rings (SSSR count). The van der Waals surface area contributed by atoms with Crippen LogP contribution >= 0.6 is 0 Å². The van der Waals surface area contributed by atoms with Gasteiger partial charge < -0.3 is 14.2 Å². The Morgan fingerprint density at radius 2 is 1.71 bits per heavy atom. The fourth-order valence-corrected chi connectivity index (χ4v) is 7.02. The first-order valence-electron chi connectivity index (χ1n) is 13.3. The van der Waals surface area contributed by atoms with Crippen molar-refractivity contribution in [2.45, 2.75) is 37.4 Å². The van der Waals surface area contributed by atoms with Crippen LogP contribution in [0.15, 0.2) is 53.6 Å². The molecular weight excluding hydrogens is 697 g/mol. The van der Waals surface area contributed by atoms with Gasteiger partial charge in [-0.3, -0.25) is 9.52 Å². The maximum atomic E-state index is 13.5. The summed E-state index contributed by atoms with van der Waals surface area (Å²) in [5.74, 6) is -2.01. The van der Waals surface area contributed by atoms with Crippen molar-refractivity contribution < 1.29 is 57.8 Å². The summed E-state index contributed by atoms with van der Waals surface area (Å²) < 4.78 is 135. The molecule has 1 amide bonds. The molecule has 0 radical (unpaired) electrons. The Balaban J connectivity index is 0.000000271. The SMILES string of the molecule is CC(C)N1C(=O)c2ccccc2NS1(=O)=O.COc1cnc(OC)n2nc(NS(=O)(=O)c3c(OCC(F)F)cccc3C(F)(F)F)nc12. The molecule has 0 spiro atoms. The number of carbonyl (C=O) groups excluding carboxylic acids is 1. The minimum atomic E-state index is -5.14. The fraction of sp³-hybridized carbons (Fsp3) is 0.308. The molecule has 2 aromatic heterocycles. The number of hydrogen-bond donors (Lipinski definition) is 2. The lowest BCUT2D eigenvalue weighted by Gasteiger charge is -2.31. The lowest BCUT2D eigenvalue weighted by atomic mass is 10.1. The Morgan fingerprint density at radius 3 is 2.31 bits per heavy atom. The van der Waals surface area contributed by atoms with Crippen molar-refractivity contribution in [2.24, 2.45) is 0 Å². The van der Waals surface area contributed by atoms with Crippen molar-refractivity contribution in [1.29, 1.82) is 0 Å². The molecule has 0 bridgehead atoms. The first kappa shape index (κ1) is 35.9. The van der Waals surface area contributed by atoms with Crippen LogP contribution in [-0.4, -0.2) is 79.9 Å². The van der Waals surface area contributed by atoms with Gasteiger partial charge in [0.15, 0.2) is 5.75 Å². The van der Waals surface area contributed by atoms with Gasteiger partial charge in [-0.2, -0.15) is 36.1 Å². The van der Waals surface area contributed by atoms with E-state index in [9.17, 15) is 43.6 Å².